The van der Waals surface area contributed by atoms with Crippen molar-refractivity contribution in [2.45, 2.75) is 26.2 Å². The van der Waals surface area contributed by atoms with Gasteiger partial charge in [-0.2, -0.15) is 5.10 Å². The number of nitrogens with one attached hydrogen (secondary N) is 2. The number of H-pyrrole nitrogens is 1. The fourth-order valence-electron chi connectivity index (χ4n) is 2.67. The molecule has 2 aromatic rings. The molecule has 3 rings (SSSR count). The molecule has 0 aliphatic heterocycles. The van der Waals surface area contributed by atoms with Crippen molar-refractivity contribution in [3.05, 3.63) is 22.9 Å². The van der Waals surface area contributed by atoms with E-state index in [1.807, 2.05) is 0 Å². The highest BCUT2D eigenvalue weighted by molar-refractivity contribution is 5.48. The van der Waals surface area contributed by atoms with E-state index in [4.69, 9.17) is 0 Å². The average Bonchev–Trinajstić information content (AvgIpc) is 2.94. The van der Waals surface area contributed by atoms with Crippen molar-refractivity contribution in [1.29, 1.82) is 0 Å². The van der Waals surface area contributed by atoms with Gasteiger partial charge in [-0.05, 0) is 18.3 Å². The van der Waals surface area contributed by atoms with Crippen LogP contribution in [0.2, 0.25) is 0 Å². The molecule has 0 spiro atoms. The van der Waals surface area contributed by atoms with Gasteiger partial charge in [-0.1, -0.05) is 19.8 Å². The number of fused-ring (bicyclic) bond motifs is 1. The third-order valence-electron chi connectivity index (χ3n) is 3.89. The molecule has 6 nitrogen and oxygen atoms in total. The highest BCUT2D eigenvalue weighted by Crippen LogP contribution is 2.31. The smallest absolute Gasteiger partial charge is 0.348 e. The Balaban J connectivity index is 1.72. The topological polar surface area (TPSA) is 75.1 Å². The van der Waals surface area contributed by atoms with Crippen molar-refractivity contribution in [2.24, 2.45) is 11.8 Å². The minimum absolute atomic E-state index is 0.256. The highest BCUT2D eigenvalue weighted by Gasteiger charge is 2.22. The maximum absolute atomic E-state index is 11.3. The lowest BCUT2D eigenvalue weighted by Gasteiger charge is -2.16. The number of rotatable bonds is 3. The summed E-state index contributed by atoms with van der Waals surface area (Å²) in [5.74, 6) is 2.29. The van der Waals surface area contributed by atoms with E-state index in [0.717, 1.165) is 24.2 Å². The van der Waals surface area contributed by atoms with E-state index in [1.54, 1.807) is 6.07 Å². The van der Waals surface area contributed by atoms with Crippen LogP contribution in [0.25, 0.3) is 5.65 Å². The molecule has 0 bridgehead atoms. The van der Waals surface area contributed by atoms with Gasteiger partial charge in [0.05, 0.1) is 0 Å². The van der Waals surface area contributed by atoms with Crippen LogP contribution in [0.1, 0.15) is 26.2 Å². The fourth-order valence-corrected chi connectivity index (χ4v) is 2.67. The Morgan fingerprint density at radius 3 is 3.22 bits per heavy atom. The summed E-state index contributed by atoms with van der Waals surface area (Å²) in [6, 6.07) is 1.79. The van der Waals surface area contributed by atoms with Crippen molar-refractivity contribution >= 4 is 11.5 Å². The minimum Gasteiger partial charge on any atom is -0.370 e. The largest absolute Gasteiger partial charge is 0.370 e. The first-order valence-corrected chi connectivity index (χ1v) is 6.40. The van der Waals surface area contributed by atoms with E-state index in [9.17, 15) is 4.79 Å². The molecule has 0 aromatic carbocycles. The predicted molar refractivity (Wildman–Crippen MR) is 68.6 cm³/mol. The molecular weight excluding hydrogens is 230 g/mol. The summed E-state index contributed by atoms with van der Waals surface area (Å²) < 4.78 is 1.39. The standard InChI is InChI=1S/C12H17N5O/c1-8-3-2-4-9(8)6-13-10-5-11-15-16-12(18)17(11)7-14-10/h5,7-9,13H,2-4,6H2,1H3,(H,16,18). The Morgan fingerprint density at radius 2 is 2.44 bits per heavy atom. The van der Waals surface area contributed by atoms with Crippen LogP contribution in [-0.4, -0.2) is 26.1 Å². The predicted octanol–water partition coefficient (Wildman–Crippen LogP) is 1.27. The zero-order valence-corrected chi connectivity index (χ0v) is 10.4. The summed E-state index contributed by atoms with van der Waals surface area (Å²) in [4.78, 5) is 15.5. The van der Waals surface area contributed by atoms with E-state index in [2.05, 4.69) is 27.4 Å². The molecule has 1 aliphatic carbocycles. The van der Waals surface area contributed by atoms with Crippen molar-refractivity contribution in [2.75, 3.05) is 11.9 Å². The summed E-state index contributed by atoms with van der Waals surface area (Å²) in [7, 11) is 0. The Kier molecular flexibility index (Phi) is 2.77. The Bertz CT molecular complexity index is 602. The van der Waals surface area contributed by atoms with Crippen LogP contribution < -0.4 is 11.0 Å². The second-order valence-corrected chi connectivity index (χ2v) is 5.08. The maximum atomic E-state index is 11.3. The Labute approximate surface area is 104 Å². The molecular formula is C12H17N5O. The zero-order valence-electron chi connectivity index (χ0n) is 10.4. The molecule has 1 aliphatic rings. The number of aromatic nitrogens is 4. The fraction of sp³-hybridized carbons (Fsp3) is 0.583. The molecule has 0 saturated heterocycles. The zero-order chi connectivity index (χ0) is 12.5. The Hall–Kier alpha value is -1.85. The average molecular weight is 247 g/mol. The second-order valence-electron chi connectivity index (χ2n) is 5.08. The molecule has 2 aromatic heterocycles. The monoisotopic (exact) mass is 247 g/mol. The molecule has 2 heterocycles. The van der Waals surface area contributed by atoms with Gasteiger partial charge in [0, 0.05) is 12.6 Å². The van der Waals surface area contributed by atoms with Gasteiger partial charge in [-0.15, -0.1) is 0 Å². The van der Waals surface area contributed by atoms with Gasteiger partial charge in [-0.3, -0.25) is 0 Å². The molecule has 2 N–H and O–H groups in total. The van der Waals surface area contributed by atoms with Crippen LogP contribution in [0.15, 0.2) is 17.2 Å². The van der Waals surface area contributed by atoms with Gasteiger partial charge in [0.15, 0.2) is 5.65 Å². The lowest BCUT2D eigenvalue weighted by atomic mass is 9.98. The van der Waals surface area contributed by atoms with Crippen molar-refractivity contribution < 1.29 is 0 Å². The first kappa shape index (κ1) is 11.3. The van der Waals surface area contributed by atoms with Crippen LogP contribution >= 0.6 is 0 Å². The molecule has 1 saturated carbocycles. The summed E-state index contributed by atoms with van der Waals surface area (Å²) >= 11 is 0. The molecule has 2 unspecified atom stereocenters. The lowest BCUT2D eigenvalue weighted by Crippen LogP contribution is -2.17. The van der Waals surface area contributed by atoms with Gasteiger partial charge in [-0.25, -0.2) is 19.3 Å². The van der Waals surface area contributed by atoms with E-state index < -0.39 is 0 Å². The van der Waals surface area contributed by atoms with E-state index in [0.29, 0.717) is 5.65 Å². The van der Waals surface area contributed by atoms with Gasteiger partial charge in [0.1, 0.15) is 12.1 Å². The molecule has 96 valence electrons. The highest BCUT2D eigenvalue weighted by atomic mass is 16.1. The molecule has 1 fully saturated rings. The van der Waals surface area contributed by atoms with Crippen LogP contribution in [0.4, 0.5) is 5.82 Å². The van der Waals surface area contributed by atoms with Crippen LogP contribution in [-0.2, 0) is 0 Å². The van der Waals surface area contributed by atoms with E-state index in [1.165, 1.54) is 30.0 Å². The Morgan fingerprint density at radius 1 is 1.56 bits per heavy atom. The molecule has 6 heteroatoms. The first-order chi connectivity index (χ1) is 8.74. The summed E-state index contributed by atoms with van der Waals surface area (Å²) in [5.41, 5.74) is 0.338. The summed E-state index contributed by atoms with van der Waals surface area (Å²) in [6.07, 6.45) is 5.45. The first-order valence-electron chi connectivity index (χ1n) is 6.40. The number of aromatic amines is 1. The van der Waals surface area contributed by atoms with Gasteiger partial charge < -0.3 is 5.32 Å². The quantitative estimate of drug-likeness (QED) is 0.856. The normalized spacial score (nSPS) is 23.6. The summed E-state index contributed by atoms with van der Waals surface area (Å²) in [6.45, 7) is 3.25. The van der Waals surface area contributed by atoms with E-state index >= 15 is 0 Å². The van der Waals surface area contributed by atoms with Crippen molar-refractivity contribution in [1.82, 2.24) is 19.6 Å². The van der Waals surface area contributed by atoms with E-state index in [-0.39, 0.29) is 5.69 Å². The molecule has 0 amide bonds. The van der Waals surface area contributed by atoms with Crippen LogP contribution in [0.3, 0.4) is 0 Å². The van der Waals surface area contributed by atoms with Crippen molar-refractivity contribution in [3.8, 4) is 0 Å². The molecule has 18 heavy (non-hydrogen) atoms. The third-order valence-corrected chi connectivity index (χ3v) is 3.89. The number of hydrogen-bond donors (Lipinski definition) is 2. The summed E-state index contributed by atoms with van der Waals surface area (Å²) in [5, 5.41) is 9.65. The van der Waals surface area contributed by atoms with Gasteiger partial charge >= 0.3 is 5.69 Å². The van der Waals surface area contributed by atoms with Crippen molar-refractivity contribution in [3.63, 3.8) is 0 Å². The lowest BCUT2D eigenvalue weighted by molar-refractivity contribution is 0.439. The van der Waals surface area contributed by atoms with Crippen LogP contribution in [0.5, 0.6) is 0 Å². The SMILES string of the molecule is CC1CCCC1CNc1cc2n[nH]c(=O)n2cn1. The van der Waals surface area contributed by atoms with Gasteiger partial charge in [0.2, 0.25) is 0 Å². The molecule has 2 atom stereocenters. The number of anilines is 1. The van der Waals surface area contributed by atoms with Crippen LogP contribution in [0, 0.1) is 11.8 Å². The number of hydrogen-bond acceptors (Lipinski definition) is 4. The second kappa shape index (κ2) is 4.44. The number of nitrogens with zero attached hydrogens (tertiary/aromatic N) is 3. The molecule has 0 radical (unpaired) electrons. The van der Waals surface area contributed by atoms with Gasteiger partial charge in [0.25, 0.3) is 0 Å². The third kappa shape index (κ3) is 1.98. The maximum Gasteiger partial charge on any atom is 0.348 e. The minimum atomic E-state index is -0.256.